The molecule has 0 aliphatic carbocycles. The second-order valence-electron chi connectivity index (χ2n) is 3.30. The van der Waals surface area contributed by atoms with Crippen LogP contribution in [0.2, 0.25) is 0 Å². The lowest BCUT2D eigenvalue weighted by atomic mass is 10.1. The molecule has 0 amide bonds. The van der Waals surface area contributed by atoms with Gasteiger partial charge < -0.3 is 0 Å². The molecular formula is C12H12N2. The summed E-state index contributed by atoms with van der Waals surface area (Å²) in [7, 11) is 0. The van der Waals surface area contributed by atoms with Crippen LogP contribution in [0.5, 0.6) is 0 Å². The summed E-state index contributed by atoms with van der Waals surface area (Å²) in [5, 5.41) is 0. The first-order valence-corrected chi connectivity index (χ1v) is 4.63. The Kier molecular flexibility index (Phi) is 2.27. The third-order valence-corrected chi connectivity index (χ3v) is 2.17. The molecule has 2 nitrogen and oxygen atoms in total. The average Bonchev–Trinajstić information content (AvgIpc) is 2.19. The summed E-state index contributed by atoms with van der Waals surface area (Å²) in [5.41, 5.74) is 4.17. The number of hydrogen-bond acceptors (Lipinski definition) is 2. The highest BCUT2D eigenvalue weighted by molar-refractivity contribution is 5.61. The van der Waals surface area contributed by atoms with Crippen LogP contribution < -0.4 is 0 Å². The Balaban J connectivity index is 2.53. The van der Waals surface area contributed by atoms with E-state index in [1.165, 1.54) is 0 Å². The van der Waals surface area contributed by atoms with Gasteiger partial charge in [-0.3, -0.25) is 9.97 Å². The van der Waals surface area contributed by atoms with E-state index in [-0.39, 0.29) is 0 Å². The van der Waals surface area contributed by atoms with E-state index in [2.05, 4.69) is 16.0 Å². The van der Waals surface area contributed by atoms with E-state index in [9.17, 15) is 0 Å². The number of aromatic nitrogens is 2. The molecule has 0 unspecified atom stereocenters. The maximum Gasteiger partial charge on any atom is 0.0720 e. The van der Waals surface area contributed by atoms with Crippen LogP contribution >= 0.6 is 0 Å². The average molecular weight is 184 g/mol. The van der Waals surface area contributed by atoms with Gasteiger partial charge in [0.1, 0.15) is 0 Å². The molecule has 70 valence electrons. The summed E-state index contributed by atoms with van der Waals surface area (Å²) < 4.78 is 0. The second-order valence-corrected chi connectivity index (χ2v) is 3.30. The van der Waals surface area contributed by atoms with Crippen molar-refractivity contribution >= 4 is 0 Å². The lowest BCUT2D eigenvalue weighted by Crippen LogP contribution is -1.91. The van der Waals surface area contributed by atoms with Gasteiger partial charge in [-0.2, -0.15) is 0 Å². The Morgan fingerprint density at radius 1 is 1.00 bits per heavy atom. The third kappa shape index (κ3) is 1.64. The van der Waals surface area contributed by atoms with Crippen LogP contribution in [0.4, 0.5) is 0 Å². The molecule has 2 aromatic rings. The zero-order chi connectivity index (χ0) is 9.97. The topological polar surface area (TPSA) is 25.8 Å². The third-order valence-electron chi connectivity index (χ3n) is 2.17. The first-order chi connectivity index (χ1) is 6.77. The maximum atomic E-state index is 4.41. The van der Waals surface area contributed by atoms with E-state index in [4.69, 9.17) is 0 Å². The standard InChI is InChI=1S/C12H12N2/c1-9-6-7-11(10(2)14-9)12-5-3-4-8-13-12/h3-8H,1-2H3. The largest absolute Gasteiger partial charge is 0.258 e. The smallest absolute Gasteiger partial charge is 0.0720 e. The first-order valence-electron chi connectivity index (χ1n) is 4.63. The molecule has 2 heterocycles. The molecule has 0 fully saturated rings. The van der Waals surface area contributed by atoms with Gasteiger partial charge >= 0.3 is 0 Å². The molecule has 0 aliphatic heterocycles. The second kappa shape index (κ2) is 3.58. The Morgan fingerprint density at radius 2 is 1.86 bits per heavy atom. The lowest BCUT2D eigenvalue weighted by Gasteiger charge is -2.04. The van der Waals surface area contributed by atoms with Crippen molar-refractivity contribution < 1.29 is 0 Å². The molecule has 2 aromatic heterocycles. The molecule has 2 rings (SSSR count). The van der Waals surface area contributed by atoms with E-state index in [0.29, 0.717) is 0 Å². The van der Waals surface area contributed by atoms with Gasteiger partial charge in [0.25, 0.3) is 0 Å². The monoisotopic (exact) mass is 184 g/mol. The van der Waals surface area contributed by atoms with Crippen LogP contribution in [-0.4, -0.2) is 9.97 Å². The van der Waals surface area contributed by atoms with Gasteiger partial charge in [0.15, 0.2) is 0 Å². The summed E-state index contributed by atoms with van der Waals surface area (Å²) >= 11 is 0. The van der Waals surface area contributed by atoms with Crippen molar-refractivity contribution in [3.05, 3.63) is 47.9 Å². The fourth-order valence-corrected chi connectivity index (χ4v) is 1.48. The summed E-state index contributed by atoms with van der Waals surface area (Å²) in [5.74, 6) is 0. The number of rotatable bonds is 1. The minimum Gasteiger partial charge on any atom is -0.258 e. The summed E-state index contributed by atoms with van der Waals surface area (Å²) in [6.07, 6.45) is 1.80. The highest BCUT2D eigenvalue weighted by Gasteiger charge is 2.02. The van der Waals surface area contributed by atoms with Gasteiger partial charge in [-0.1, -0.05) is 6.07 Å². The molecule has 0 aromatic carbocycles. The van der Waals surface area contributed by atoms with Crippen molar-refractivity contribution in [3.8, 4) is 11.3 Å². The Morgan fingerprint density at radius 3 is 2.50 bits per heavy atom. The molecule has 2 heteroatoms. The van der Waals surface area contributed by atoms with Crippen LogP contribution in [0.15, 0.2) is 36.5 Å². The summed E-state index contributed by atoms with van der Waals surface area (Å²) in [4.78, 5) is 8.71. The zero-order valence-electron chi connectivity index (χ0n) is 8.36. The quantitative estimate of drug-likeness (QED) is 0.681. The number of nitrogens with zero attached hydrogens (tertiary/aromatic N) is 2. The van der Waals surface area contributed by atoms with Gasteiger partial charge in [-0.05, 0) is 38.1 Å². The molecule has 0 aliphatic rings. The first kappa shape index (κ1) is 8.88. The van der Waals surface area contributed by atoms with Crippen molar-refractivity contribution in [2.45, 2.75) is 13.8 Å². The van der Waals surface area contributed by atoms with E-state index in [0.717, 1.165) is 22.6 Å². The van der Waals surface area contributed by atoms with E-state index in [1.54, 1.807) is 6.20 Å². The van der Waals surface area contributed by atoms with Crippen molar-refractivity contribution in [1.82, 2.24) is 9.97 Å². The van der Waals surface area contributed by atoms with Gasteiger partial charge in [-0.25, -0.2) is 0 Å². The van der Waals surface area contributed by atoms with Gasteiger partial charge in [0.05, 0.1) is 5.69 Å². The lowest BCUT2D eigenvalue weighted by molar-refractivity contribution is 1.12. The van der Waals surface area contributed by atoms with Crippen LogP contribution in [0.3, 0.4) is 0 Å². The van der Waals surface area contributed by atoms with Crippen molar-refractivity contribution in [2.75, 3.05) is 0 Å². The van der Waals surface area contributed by atoms with Crippen LogP contribution in [0.25, 0.3) is 11.3 Å². The fourth-order valence-electron chi connectivity index (χ4n) is 1.48. The number of hydrogen-bond donors (Lipinski definition) is 0. The highest BCUT2D eigenvalue weighted by Crippen LogP contribution is 2.19. The summed E-state index contributed by atoms with van der Waals surface area (Å²) in [6.45, 7) is 4.01. The van der Waals surface area contributed by atoms with Crippen molar-refractivity contribution in [1.29, 1.82) is 0 Å². The highest BCUT2D eigenvalue weighted by atomic mass is 14.7. The van der Waals surface area contributed by atoms with E-state index in [1.807, 2.05) is 38.1 Å². The molecule has 0 radical (unpaired) electrons. The Labute approximate surface area is 83.7 Å². The normalized spacial score (nSPS) is 10.1. The molecular weight excluding hydrogens is 172 g/mol. The Hall–Kier alpha value is -1.70. The molecule has 0 spiro atoms. The molecule has 0 bridgehead atoms. The van der Waals surface area contributed by atoms with Crippen molar-refractivity contribution in [3.63, 3.8) is 0 Å². The van der Waals surface area contributed by atoms with Gasteiger partial charge in [-0.15, -0.1) is 0 Å². The van der Waals surface area contributed by atoms with E-state index >= 15 is 0 Å². The number of aryl methyl sites for hydroxylation is 2. The SMILES string of the molecule is Cc1ccc(-c2ccccn2)c(C)n1. The predicted octanol–water partition coefficient (Wildman–Crippen LogP) is 2.76. The molecule has 14 heavy (non-hydrogen) atoms. The molecule has 0 atom stereocenters. The minimum absolute atomic E-state index is 0.984. The van der Waals surface area contributed by atoms with Crippen LogP contribution in [0, 0.1) is 13.8 Å². The van der Waals surface area contributed by atoms with Crippen LogP contribution in [0.1, 0.15) is 11.4 Å². The Bertz CT molecular complexity index is 435. The van der Waals surface area contributed by atoms with Crippen LogP contribution in [-0.2, 0) is 0 Å². The van der Waals surface area contributed by atoms with Gasteiger partial charge in [0, 0.05) is 23.1 Å². The molecule has 0 N–H and O–H groups in total. The fraction of sp³-hybridized carbons (Fsp3) is 0.167. The van der Waals surface area contributed by atoms with Gasteiger partial charge in [0.2, 0.25) is 0 Å². The molecule has 0 saturated carbocycles. The maximum absolute atomic E-state index is 4.41. The number of pyridine rings is 2. The predicted molar refractivity (Wildman–Crippen MR) is 56.9 cm³/mol. The zero-order valence-corrected chi connectivity index (χ0v) is 8.36. The van der Waals surface area contributed by atoms with E-state index < -0.39 is 0 Å². The minimum atomic E-state index is 0.984. The molecule has 0 saturated heterocycles. The summed E-state index contributed by atoms with van der Waals surface area (Å²) in [6, 6.07) is 9.98. The van der Waals surface area contributed by atoms with Crippen molar-refractivity contribution in [2.24, 2.45) is 0 Å².